The Morgan fingerprint density at radius 3 is 1.27 bits per heavy atom. The summed E-state index contributed by atoms with van der Waals surface area (Å²) in [5, 5.41) is 5.03. The Labute approximate surface area is 303 Å². The van der Waals surface area contributed by atoms with Gasteiger partial charge in [0.15, 0.2) is 0 Å². The summed E-state index contributed by atoms with van der Waals surface area (Å²) < 4.78 is -1.43. The van der Waals surface area contributed by atoms with Crippen molar-refractivity contribution in [1.29, 1.82) is 0 Å². The molecule has 0 saturated carbocycles. The van der Waals surface area contributed by atoms with Crippen LogP contribution in [0, 0.1) is 0 Å². The molecule has 0 fully saturated rings. The van der Waals surface area contributed by atoms with Gasteiger partial charge >= 0.3 is 0 Å². The molecule has 0 heterocycles. The van der Waals surface area contributed by atoms with Gasteiger partial charge in [0, 0.05) is 0 Å². The van der Waals surface area contributed by atoms with Crippen LogP contribution in [0.1, 0.15) is 75.6 Å². The van der Waals surface area contributed by atoms with E-state index in [1.165, 1.54) is 88.3 Å². The Kier molecular flexibility index (Phi) is 8.22. The topological polar surface area (TPSA) is 0 Å². The Morgan fingerprint density at radius 2 is 0.837 bits per heavy atom. The second-order valence-electron chi connectivity index (χ2n) is 13.7. The lowest BCUT2D eigenvalue weighted by atomic mass is 9.91. The molecule has 49 heavy (non-hydrogen) atoms. The van der Waals surface area contributed by atoms with E-state index in [1.54, 1.807) is 0 Å². The van der Waals surface area contributed by atoms with Crippen LogP contribution < -0.4 is 0 Å². The molecule has 0 aromatic heterocycles. The highest BCUT2D eigenvalue weighted by Crippen LogP contribution is 2.60. The number of hydrogen-bond acceptors (Lipinski definition) is 0. The molecule has 2 atom stereocenters. The van der Waals surface area contributed by atoms with E-state index in [1.807, 2.05) is 0 Å². The molecular formula is C46H40Cl2Si. The van der Waals surface area contributed by atoms with Crippen molar-refractivity contribution in [3.05, 3.63) is 155 Å². The molecule has 2 aliphatic carbocycles. The van der Waals surface area contributed by atoms with E-state index in [0.717, 1.165) is 25.7 Å². The highest BCUT2D eigenvalue weighted by Gasteiger charge is 2.53. The quantitative estimate of drug-likeness (QED) is 0.110. The minimum Gasteiger partial charge on any atom is -0.114 e. The molecule has 6 aromatic carbocycles. The summed E-state index contributed by atoms with van der Waals surface area (Å²) in [7, 11) is 0.217. The van der Waals surface area contributed by atoms with Gasteiger partial charge in [-0.05, 0) is 115 Å². The van der Waals surface area contributed by atoms with Crippen LogP contribution in [0.5, 0.6) is 0 Å². The molecule has 0 spiro atoms. The van der Waals surface area contributed by atoms with E-state index >= 15 is 0 Å². The van der Waals surface area contributed by atoms with Gasteiger partial charge in [-0.15, -0.1) is 23.2 Å². The van der Waals surface area contributed by atoms with E-state index in [0.29, 0.717) is 0 Å². The van der Waals surface area contributed by atoms with Gasteiger partial charge in [0.05, 0.1) is 8.99 Å². The number of fused-ring (bicyclic) bond motifs is 4. The summed E-state index contributed by atoms with van der Waals surface area (Å²) in [5.74, 6) is 0. The SMILES string of the molecule is CCCC1=C(C)c2c(-c3cccc4ccccc34)cccc2C1(Cl)[Si]C1(Cl)C(CCC)=C(C)c2c(-c3cccc4ccccc34)cccc21. The zero-order valence-electron chi connectivity index (χ0n) is 28.6. The predicted molar refractivity (Wildman–Crippen MR) is 215 cm³/mol. The van der Waals surface area contributed by atoms with E-state index in [9.17, 15) is 0 Å². The molecule has 0 amide bonds. The number of rotatable bonds is 8. The van der Waals surface area contributed by atoms with Gasteiger partial charge in [-0.25, -0.2) is 0 Å². The molecule has 8 rings (SSSR count). The number of benzene rings is 6. The van der Waals surface area contributed by atoms with Crippen LogP contribution in [-0.4, -0.2) is 9.52 Å². The minimum atomic E-state index is -0.714. The van der Waals surface area contributed by atoms with Gasteiger partial charge in [-0.2, -0.15) is 0 Å². The highest BCUT2D eigenvalue weighted by molar-refractivity contribution is 6.70. The monoisotopic (exact) mass is 690 g/mol. The van der Waals surface area contributed by atoms with Crippen LogP contribution >= 0.6 is 23.2 Å². The third-order valence-electron chi connectivity index (χ3n) is 10.9. The largest absolute Gasteiger partial charge is 0.118 e. The summed E-state index contributed by atoms with van der Waals surface area (Å²) in [6.07, 6.45) is 3.93. The average Bonchev–Trinajstić information content (AvgIpc) is 3.47. The normalized spacial score (nSPS) is 20.0. The lowest BCUT2D eigenvalue weighted by molar-refractivity contribution is 0.795. The molecule has 2 radical (unpaired) electrons. The van der Waals surface area contributed by atoms with E-state index < -0.39 is 8.99 Å². The first-order valence-corrected chi connectivity index (χ1v) is 19.4. The maximum Gasteiger partial charge on any atom is 0.118 e. The molecule has 6 aromatic rings. The Balaban J connectivity index is 1.33. The van der Waals surface area contributed by atoms with Crippen molar-refractivity contribution >= 4 is 65.4 Å². The molecule has 242 valence electrons. The maximum atomic E-state index is 8.25. The summed E-state index contributed by atoms with van der Waals surface area (Å²) in [4.78, 5) is 0. The van der Waals surface area contributed by atoms with Crippen molar-refractivity contribution in [3.8, 4) is 22.3 Å². The molecule has 0 saturated heterocycles. The first kappa shape index (κ1) is 32.3. The van der Waals surface area contributed by atoms with Crippen LogP contribution in [-0.2, 0) is 8.99 Å². The van der Waals surface area contributed by atoms with Crippen molar-refractivity contribution in [2.45, 2.75) is 62.4 Å². The van der Waals surface area contributed by atoms with E-state index in [4.69, 9.17) is 23.2 Å². The predicted octanol–water partition coefficient (Wildman–Crippen LogP) is 13.7. The third kappa shape index (κ3) is 4.92. The molecule has 0 nitrogen and oxygen atoms in total. The standard InChI is InChI=1S/C46H40Cl2Si/c1-5-15-39-29(3)43-37(35-23-11-19-31-17-7-9-21-33(31)35)25-13-27-41(43)45(39,47)49-46(48)40(16-6-2)30(4)44-38(26-14-28-42(44)46)36-24-12-20-32-18-8-10-22-34(32)36/h7-14,17-28H,5-6,15-16H2,1-4H3. The Morgan fingerprint density at radius 1 is 0.469 bits per heavy atom. The fraction of sp³-hybridized carbons (Fsp3) is 0.217. The summed E-state index contributed by atoms with van der Waals surface area (Å²) >= 11 is 16.5. The molecule has 2 aliphatic rings. The van der Waals surface area contributed by atoms with Gasteiger partial charge < -0.3 is 0 Å². The van der Waals surface area contributed by atoms with Crippen molar-refractivity contribution in [3.63, 3.8) is 0 Å². The lowest BCUT2D eigenvalue weighted by Gasteiger charge is -2.36. The van der Waals surface area contributed by atoms with Crippen LogP contribution in [0.25, 0.3) is 54.9 Å². The zero-order valence-corrected chi connectivity index (χ0v) is 31.1. The average molecular weight is 692 g/mol. The molecule has 0 bridgehead atoms. The molecular weight excluding hydrogens is 651 g/mol. The second-order valence-corrected chi connectivity index (χ2v) is 17.2. The molecule has 3 heteroatoms. The maximum absolute atomic E-state index is 8.25. The third-order valence-corrected chi connectivity index (χ3v) is 14.1. The molecule has 0 aliphatic heterocycles. The van der Waals surface area contributed by atoms with Crippen molar-refractivity contribution in [2.24, 2.45) is 0 Å². The van der Waals surface area contributed by atoms with E-state index in [-0.39, 0.29) is 9.52 Å². The first-order chi connectivity index (χ1) is 23.8. The van der Waals surface area contributed by atoms with Crippen molar-refractivity contribution in [1.82, 2.24) is 0 Å². The number of halogens is 2. The molecule has 2 unspecified atom stereocenters. The van der Waals surface area contributed by atoms with Crippen LogP contribution in [0.2, 0.25) is 0 Å². The van der Waals surface area contributed by atoms with E-state index in [2.05, 4.69) is 149 Å². The Hall–Kier alpha value is -3.88. The first-order valence-electron chi connectivity index (χ1n) is 17.6. The van der Waals surface area contributed by atoms with Crippen LogP contribution in [0.15, 0.2) is 132 Å². The number of allylic oxidation sites excluding steroid dienone is 4. The van der Waals surface area contributed by atoms with Gasteiger partial charge in [0.25, 0.3) is 0 Å². The fourth-order valence-electron chi connectivity index (χ4n) is 8.74. The number of hydrogen-bond donors (Lipinski definition) is 0. The molecule has 0 N–H and O–H groups in total. The van der Waals surface area contributed by atoms with Crippen molar-refractivity contribution in [2.75, 3.05) is 0 Å². The minimum absolute atomic E-state index is 0.217. The van der Waals surface area contributed by atoms with Gasteiger partial charge in [-0.1, -0.05) is 148 Å². The fourth-order valence-corrected chi connectivity index (χ4v) is 12.6. The number of alkyl halides is 2. The zero-order chi connectivity index (χ0) is 33.9. The lowest BCUT2D eigenvalue weighted by Crippen LogP contribution is -2.41. The van der Waals surface area contributed by atoms with Crippen molar-refractivity contribution < 1.29 is 0 Å². The summed E-state index contributed by atoms with van der Waals surface area (Å²) in [6.45, 7) is 9.12. The van der Waals surface area contributed by atoms with Gasteiger partial charge in [0.2, 0.25) is 0 Å². The van der Waals surface area contributed by atoms with Crippen LogP contribution in [0.3, 0.4) is 0 Å². The summed E-state index contributed by atoms with van der Waals surface area (Å²) in [6, 6.07) is 44.2. The van der Waals surface area contributed by atoms with Gasteiger partial charge in [-0.3, -0.25) is 0 Å². The highest BCUT2D eigenvalue weighted by atomic mass is 35.5. The van der Waals surface area contributed by atoms with Crippen LogP contribution in [0.4, 0.5) is 0 Å². The smallest absolute Gasteiger partial charge is 0.114 e. The second kappa shape index (κ2) is 12.5. The summed E-state index contributed by atoms with van der Waals surface area (Å²) in [5.41, 5.74) is 15.2. The van der Waals surface area contributed by atoms with Gasteiger partial charge in [0.1, 0.15) is 9.52 Å². The Bertz CT molecular complexity index is 2170.